The van der Waals surface area contributed by atoms with Crippen LogP contribution in [0.4, 0.5) is 5.69 Å². The first kappa shape index (κ1) is 18.0. The molecule has 2 aromatic carbocycles. The zero-order valence-corrected chi connectivity index (χ0v) is 15.2. The molecule has 3 rings (SSSR count). The first-order chi connectivity index (χ1) is 12.6. The zero-order chi connectivity index (χ0) is 18.5. The Morgan fingerprint density at radius 3 is 2.62 bits per heavy atom. The number of amides is 2. The number of benzene rings is 2. The fourth-order valence-corrected chi connectivity index (χ4v) is 3.25. The summed E-state index contributed by atoms with van der Waals surface area (Å²) in [6.45, 7) is 3.01. The van der Waals surface area contributed by atoms with Crippen molar-refractivity contribution in [1.82, 2.24) is 5.32 Å². The lowest BCUT2D eigenvalue weighted by Gasteiger charge is -2.17. The number of rotatable bonds is 6. The second kappa shape index (κ2) is 8.04. The molecular formula is C21H24N2O3. The van der Waals surface area contributed by atoms with Crippen molar-refractivity contribution in [2.45, 2.75) is 26.3 Å². The number of carbonyl (C=O) groups is 2. The maximum atomic E-state index is 12.7. The highest BCUT2D eigenvalue weighted by Crippen LogP contribution is 2.26. The van der Waals surface area contributed by atoms with Gasteiger partial charge in [0.25, 0.3) is 0 Å². The summed E-state index contributed by atoms with van der Waals surface area (Å²) in [7, 11) is 1.60. The van der Waals surface area contributed by atoms with Crippen LogP contribution in [0.3, 0.4) is 0 Å². The van der Waals surface area contributed by atoms with Gasteiger partial charge < -0.3 is 15.0 Å². The normalized spacial score (nSPS) is 16.6. The van der Waals surface area contributed by atoms with Crippen molar-refractivity contribution < 1.29 is 14.3 Å². The molecule has 2 aromatic rings. The van der Waals surface area contributed by atoms with Crippen LogP contribution in [-0.4, -0.2) is 25.5 Å². The Kier molecular flexibility index (Phi) is 5.56. The Bertz CT molecular complexity index is 786. The summed E-state index contributed by atoms with van der Waals surface area (Å²) >= 11 is 0. The molecule has 1 heterocycles. The van der Waals surface area contributed by atoms with Crippen LogP contribution in [0.2, 0.25) is 0 Å². The summed E-state index contributed by atoms with van der Waals surface area (Å²) in [5.41, 5.74) is 2.97. The molecule has 1 saturated heterocycles. The van der Waals surface area contributed by atoms with E-state index in [4.69, 9.17) is 4.74 Å². The number of aryl methyl sites for hydroxylation is 1. The van der Waals surface area contributed by atoms with E-state index in [0.29, 0.717) is 19.5 Å². The third-order valence-corrected chi connectivity index (χ3v) is 4.82. The van der Waals surface area contributed by atoms with Gasteiger partial charge in [-0.05, 0) is 36.6 Å². The van der Waals surface area contributed by atoms with E-state index < -0.39 is 5.92 Å². The third kappa shape index (κ3) is 3.72. The molecule has 0 aliphatic carbocycles. The first-order valence-corrected chi connectivity index (χ1v) is 8.94. The van der Waals surface area contributed by atoms with Crippen LogP contribution in [0.15, 0.2) is 48.5 Å². The molecule has 5 nitrogen and oxygen atoms in total. The highest BCUT2D eigenvalue weighted by molar-refractivity contribution is 6.09. The average Bonchev–Trinajstić information content (AvgIpc) is 3.07. The van der Waals surface area contributed by atoms with E-state index in [1.165, 1.54) is 5.56 Å². The number of hydrogen-bond acceptors (Lipinski definition) is 3. The van der Waals surface area contributed by atoms with Crippen LogP contribution in [-0.2, 0) is 22.6 Å². The van der Waals surface area contributed by atoms with Crippen LogP contribution in [0.25, 0.3) is 0 Å². The van der Waals surface area contributed by atoms with Gasteiger partial charge in [-0.25, -0.2) is 0 Å². The van der Waals surface area contributed by atoms with Crippen LogP contribution in [0.5, 0.6) is 5.75 Å². The molecule has 0 spiro atoms. The first-order valence-electron chi connectivity index (χ1n) is 8.94. The van der Waals surface area contributed by atoms with Gasteiger partial charge in [0, 0.05) is 24.3 Å². The van der Waals surface area contributed by atoms with Crippen molar-refractivity contribution in [2.24, 2.45) is 5.92 Å². The summed E-state index contributed by atoms with van der Waals surface area (Å²) in [5, 5.41) is 2.87. The average molecular weight is 352 g/mol. The molecule has 0 bridgehead atoms. The van der Waals surface area contributed by atoms with Gasteiger partial charge in [-0.3, -0.25) is 9.59 Å². The van der Waals surface area contributed by atoms with Gasteiger partial charge in [-0.15, -0.1) is 0 Å². The van der Waals surface area contributed by atoms with Crippen LogP contribution < -0.4 is 15.0 Å². The predicted molar refractivity (Wildman–Crippen MR) is 101 cm³/mol. The zero-order valence-electron chi connectivity index (χ0n) is 15.2. The number of nitrogens with one attached hydrogen (secondary N) is 1. The summed E-state index contributed by atoms with van der Waals surface area (Å²) in [5.74, 6) is -0.265. The third-order valence-electron chi connectivity index (χ3n) is 4.82. The number of hydrogen-bond donors (Lipinski definition) is 1. The Morgan fingerprint density at radius 2 is 1.92 bits per heavy atom. The molecule has 1 fully saturated rings. The molecule has 1 atom stereocenters. The minimum Gasteiger partial charge on any atom is -0.496 e. The highest BCUT2D eigenvalue weighted by Gasteiger charge is 2.37. The lowest BCUT2D eigenvalue weighted by molar-refractivity contribution is -0.132. The largest absolute Gasteiger partial charge is 0.496 e. The van der Waals surface area contributed by atoms with Gasteiger partial charge in [0.15, 0.2) is 0 Å². The Morgan fingerprint density at radius 1 is 1.19 bits per heavy atom. The molecule has 0 unspecified atom stereocenters. The number of ether oxygens (including phenoxy) is 1. The van der Waals surface area contributed by atoms with E-state index in [1.54, 1.807) is 12.0 Å². The number of anilines is 1. The molecule has 1 N–H and O–H groups in total. The van der Waals surface area contributed by atoms with E-state index in [0.717, 1.165) is 23.4 Å². The topological polar surface area (TPSA) is 58.6 Å². The second-order valence-electron chi connectivity index (χ2n) is 6.38. The van der Waals surface area contributed by atoms with Crippen molar-refractivity contribution in [1.29, 1.82) is 0 Å². The molecule has 5 heteroatoms. The summed E-state index contributed by atoms with van der Waals surface area (Å²) in [6.07, 6.45) is 1.49. The Labute approximate surface area is 154 Å². The predicted octanol–water partition coefficient (Wildman–Crippen LogP) is 2.93. The molecular weight excluding hydrogens is 328 g/mol. The molecule has 0 saturated carbocycles. The van der Waals surface area contributed by atoms with Crippen molar-refractivity contribution in [3.8, 4) is 5.75 Å². The van der Waals surface area contributed by atoms with Crippen molar-refractivity contribution in [3.05, 3.63) is 59.7 Å². The second-order valence-corrected chi connectivity index (χ2v) is 6.38. The maximum Gasteiger partial charge on any atom is 0.239 e. The van der Waals surface area contributed by atoms with Crippen molar-refractivity contribution in [2.75, 3.05) is 18.6 Å². The Balaban J connectivity index is 1.62. The van der Waals surface area contributed by atoms with Gasteiger partial charge in [0.1, 0.15) is 11.7 Å². The number of carbonyl (C=O) groups excluding carboxylic acids is 2. The van der Waals surface area contributed by atoms with E-state index in [1.807, 2.05) is 48.5 Å². The van der Waals surface area contributed by atoms with Crippen LogP contribution in [0, 0.1) is 5.92 Å². The van der Waals surface area contributed by atoms with Gasteiger partial charge in [0.2, 0.25) is 11.8 Å². The van der Waals surface area contributed by atoms with Crippen LogP contribution in [0.1, 0.15) is 24.5 Å². The van der Waals surface area contributed by atoms with Gasteiger partial charge >= 0.3 is 0 Å². The molecule has 136 valence electrons. The number of nitrogens with zero attached hydrogens (tertiary/aromatic N) is 1. The summed E-state index contributed by atoms with van der Waals surface area (Å²) < 4.78 is 5.29. The highest BCUT2D eigenvalue weighted by atomic mass is 16.5. The molecule has 1 aliphatic rings. The minimum absolute atomic E-state index is 0.133. The monoisotopic (exact) mass is 352 g/mol. The van der Waals surface area contributed by atoms with Gasteiger partial charge in [-0.1, -0.05) is 37.3 Å². The SMILES string of the molecule is CCc1ccc(N2CC[C@@H](C(=O)NCc3ccccc3OC)C2=O)cc1. The van der Waals surface area contributed by atoms with Gasteiger partial charge in [0.05, 0.1) is 7.11 Å². The van der Waals surface area contributed by atoms with Crippen LogP contribution >= 0.6 is 0 Å². The summed E-state index contributed by atoms with van der Waals surface area (Å²) in [6, 6.07) is 15.5. The van der Waals surface area contributed by atoms with Gasteiger partial charge in [-0.2, -0.15) is 0 Å². The van der Waals surface area contributed by atoms with E-state index in [2.05, 4.69) is 12.2 Å². The number of methoxy groups -OCH3 is 1. The van der Waals surface area contributed by atoms with E-state index in [-0.39, 0.29) is 11.8 Å². The standard InChI is InChI=1S/C21H24N2O3/c1-3-15-8-10-17(11-9-15)23-13-12-18(21(23)25)20(24)22-14-16-6-4-5-7-19(16)26-2/h4-11,18H,3,12-14H2,1-2H3,(H,22,24)/t18-/m0/s1. The molecule has 1 aliphatic heterocycles. The minimum atomic E-state index is -0.629. The fourth-order valence-electron chi connectivity index (χ4n) is 3.25. The molecule has 0 radical (unpaired) electrons. The lowest BCUT2D eigenvalue weighted by atomic mass is 10.1. The molecule has 26 heavy (non-hydrogen) atoms. The van der Waals surface area contributed by atoms with E-state index >= 15 is 0 Å². The van der Waals surface area contributed by atoms with Crippen molar-refractivity contribution in [3.63, 3.8) is 0 Å². The quantitative estimate of drug-likeness (QED) is 0.813. The number of para-hydroxylation sites is 1. The molecule has 0 aromatic heterocycles. The maximum absolute atomic E-state index is 12.7. The smallest absolute Gasteiger partial charge is 0.239 e. The van der Waals surface area contributed by atoms with E-state index in [9.17, 15) is 9.59 Å². The molecule has 2 amide bonds. The summed E-state index contributed by atoms with van der Waals surface area (Å²) in [4.78, 5) is 26.9. The fraction of sp³-hybridized carbons (Fsp3) is 0.333. The Hall–Kier alpha value is -2.82. The van der Waals surface area contributed by atoms with Crippen molar-refractivity contribution >= 4 is 17.5 Å². The lowest BCUT2D eigenvalue weighted by Crippen LogP contribution is -2.36.